The van der Waals surface area contributed by atoms with Gasteiger partial charge >= 0.3 is 6.18 Å². The number of hydrogen-bond acceptors (Lipinski definition) is 6. The van der Waals surface area contributed by atoms with Gasteiger partial charge in [-0.1, -0.05) is 6.07 Å². The summed E-state index contributed by atoms with van der Waals surface area (Å²) in [6.45, 7) is 4.41. The lowest BCUT2D eigenvalue weighted by Crippen LogP contribution is -2.44. The minimum Gasteiger partial charge on any atom is -0.382 e. The Balaban J connectivity index is 1.16. The Morgan fingerprint density at radius 3 is 2.13 bits per heavy atom. The Bertz CT molecular complexity index is 1170. The monoisotopic (exact) mass is 548 g/mol. The van der Waals surface area contributed by atoms with Gasteiger partial charge in [-0.05, 0) is 82.2 Å². The van der Waals surface area contributed by atoms with Crippen LogP contribution in [0.2, 0.25) is 0 Å². The smallest absolute Gasteiger partial charge is 0.382 e. The molecule has 0 radical (unpaired) electrons. The minimum absolute atomic E-state index is 0.0231. The van der Waals surface area contributed by atoms with Crippen molar-refractivity contribution in [2.75, 3.05) is 30.3 Å². The van der Waals surface area contributed by atoms with Crippen LogP contribution in [0.25, 0.3) is 0 Å². The van der Waals surface area contributed by atoms with Crippen molar-refractivity contribution in [1.82, 2.24) is 4.90 Å². The van der Waals surface area contributed by atoms with Gasteiger partial charge in [-0.25, -0.2) is 0 Å². The van der Waals surface area contributed by atoms with Crippen LogP contribution in [0.15, 0.2) is 36.4 Å². The highest BCUT2D eigenvalue weighted by Gasteiger charge is 2.33. The molecule has 1 saturated carbocycles. The number of piperidine rings is 1. The number of nitro benzene ring substituents is 1. The zero-order valence-electron chi connectivity index (χ0n) is 22.2. The molecule has 1 heterocycles. The van der Waals surface area contributed by atoms with Crippen LogP contribution in [0.5, 0.6) is 0 Å². The molecule has 0 bridgehead atoms. The van der Waals surface area contributed by atoms with Crippen LogP contribution in [-0.4, -0.2) is 53.6 Å². The third-order valence-corrected chi connectivity index (χ3v) is 7.64. The maximum absolute atomic E-state index is 13.2. The third-order valence-electron chi connectivity index (χ3n) is 7.64. The fourth-order valence-corrected chi connectivity index (χ4v) is 5.37. The SMILES string of the molecule is Cc1cc(NC2CCN(C(=O)COC3CCC(Nc4ccc(C)c(C(F)(F)F)c4)CC3)CC2)ccc1[N+](=O)[O-]. The van der Waals surface area contributed by atoms with Crippen molar-refractivity contribution in [3.05, 3.63) is 63.2 Å². The fraction of sp³-hybridized carbons (Fsp3) is 0.536. The molecule has 2 N–H and O–H groups in total. The molecule has 1 aliphatic carbocycles. The van der Waals surface area contributed by atoms with Crippen molar-refractivity contribution < 1.29 is 27.6 Å². The summed E-state index contributed by atoms with van der Waals surface area (Å²) in [6.07, 6.45) is 0.118. The van der Waals surface area contributed by atoms with Gasteiger partial charge in [0.05, 0.1) is 16.6 Å². The first-order valence-electron chi connectivity index (χ1n) is 13.3. The first-order valence-corrected chi connectivity index (χ1v) is 13.3. The maximum atomic E-state index is 13.2. The number of anilines is 2. The van der Waals surface area contributed by atoms with Crippen LogP contribution in [0.4, 0.5) is 30.2 Å². The predicted molar refractivity (Wildman–Crippen MR) is 143 cm³/mol. The van der Waals surface area contributed by atoms with E-state index in [1.165, 1.54) is 25.1 Å². The Kier molecular flexibility index (Phi) is 8.99. The van der Waals surface area contributed by atoms with E-state index in [2.05, 4.69) is 10.6 Å². The van der Waals surface area contributed by atoms with Crippen LogP contribution in [0.3, 0.4) is 0 Å². The van der Waals surface area contributed by atoms with Crippen LogP contribution in [0.1, 0.15) is 55.2 Å². The van der Waals surface area contributed by atoms with Gasteiger partial charge in [-0.2, -0.15) is 13.2 Å². The number of likely N-dealkylation sites (tertiary alicyclic amines) is 1. The molecule has 2 fully saturated rings. The second-order valence-electron chi connectivity index (χ2n) is 10.5. The van der Waals surface area contributed by atoms with Gasteiger partial charge in [0.1, 0.15) is 6.61 Å². The zero-order valence-corrected chi connectivity index (χ0v) is 22.2. The summed E-state index contributed by atoms with van der Waals surface area (Å²) < 4.78 is 45.5. The largest absolute Gasteiger partial charge is 0.416 e. The van der Waals surface area contributed by atoms with Gasteiger partial charge in [0, 0.05) is 48.2 Å². The quantitative estimate of drug-likeness (QED) is 0.307. The number of carbonyl (C=O) groups is 1. The van der Waals surface area contributed by atoms with Gasteiger partial charge in [-0.15, -0.1) is 0 Å². The number of nitro groups is 1. The van der Waals surface area contributed by atoms with E-state index in [1.54, 1.807) is 25.1 Å². The summed E-state index contributed by atoms with van der Waals surface area (Å²) in [5, 5.41) is 17.6. The van der Waals surface area contributed by atoms with Crippen molar-refractivity contribution in [3.8, 4) is 0 Å². The van der Waals surface area contributed by atoms with E-state index in [-0.39, 0.29) is 42.0 Å². The van der Waals surface area contributed by atoms with Crippen molar-refractivity contribution in [3.63, 3.8) is 0 Å². The van der Waals surface area contributed by atoms with Gasteiger partial charge in [-0.3, -0.25) is 14.9 Å². The predicted octanol–water partition coefficient (Wildman–Crippen LogP) is 6.07. The van der Waals surface area contributed by atoms with E-state index in [0.717, 1.165) is 44.2 Å². The van der Waals surface area contributed by atoms with E-state index in [4.69, 9.17) is 4.74 Å². The Morgan fingerprint density at radius 1 is 0.949 bits per heavy atom. The highest BCUT2D eigenvalue weighted by atomic mass is 19.4. The van der Waals surface area contributed by atoms with Gasteiger partial charge in [0.25, 0.3) is 5.69 Å². The molecule has 0 aromatic heterocycles. The van der Waals surface area contributed by atoms with Crippen molar-refractivity contribution >= 4 is 23.0 Å². The number of rotatable bonds is 8. The molecular formula is C28H35F3N4O4. The number of hydrogen-bond donors (Lipinski definition) is 2. The van der Waals surface area contributed by atoms with Gasteiger partial charge in [0.2, 0.25) is 5.91 Å². The molecule has 0 atom stereocenters. The zero-order chi connectivity index (χ0) is 28.2. The molecule has 212 valence electrons. The van der Waals surface area contributed by atoms with Gasteiger partial charge in [0.15, 0.2) is 0 Å². The fourth-order valence-electron chi connectivity index (χ4n) is 5.37. The second-order valence-corrected chi connectivity index (χ2v) is 10.5. The number of aryl methyl sites for hydroxylation is 2. The van der Waals surface area contributed by atoms with Crippen LogP contribution < -0.4 is 10.6 Å². The normalized spacial score (nSPS) is 20.5. The first kappa shape index (κ1) is 28.7. The number of benzene rings is 2. The number of nitrogens with one attached hydrogen (secondary N) is 2. The first-order chi connectivity index (χ1) is 18.5. The van der Waals surface area contributed by atoms with Crippen molar-refractivity contribution in [2.24, 2.45) is 0 Å². The number of ether oxygens (including phenoxy) is 1. The lowest BCUT2D eigenvalue weighted by atomic mass is 9.92. The van der Waals surface area contributed by atoms with E-state index >= 15 is 0 Å². The lowest BCUT2D eigenvalue weighted by Gasteiger charge is -2.34. The highest BCUT2D eigenvalue weighted by molar-refractivity contribution is 5.77. The molecule has 2 aromatic rings. The number of carbonyl (C=O) groups excluding carboxylic acids is 1. The molecular weight excluding hydrogens is 513 g/mol. The second kappa shape index (κ2) is 12.2. The van der Waals surface area contributed by atoms with E-state index in [9.17, 15) is 28.1 Å². The Labute approximate surface area is 226 Å². The average molecular weight is 549 g/mol. The molecule has 39 heavy (non-hydrogen) atoms. The Morgan fingerprint density at radius 2 is 1.54 bits per heavy atom. The number of alkyl halides is 3. The van der Waals surface area contributed by atoms with Crippen LogP contribution in [0, 0.1) is 24.0 Å². The molecule has 1 saturated heterocycles. The average Bonchev–Trinajstić information content (AvgIpc) is 2.89. The van der Waals surface area contributed by atoms with Crippen molar-refractivity contribution in [1.29, 1.82) is 0 Å². The summed E-state index contributed by atoms with van der Waals surface area (Å²) in [5.41, 5.74) is 1.58. The molecule has 8 nitrogen and oxygen atoms in total. The van der Waals surface area contributed by atoms with E-state index < -0.39 is 16.7 Å². The minimum atomic E-state index is -4.38. The molecule has 0 spiro atoms. The molecule has 2 aliphatic rings. The van der Waals surface area contributed by atoms with E-state index in [1.807, 2.05) is 4.90 Å². The topological polar surface area (TPSA) is 96.7 Å². The maximum Gasteiger partial charge on any atom is 0.416 e. The number of amides is 1. The molecule has 1 aliphatic heterocycles. The molecule has 0 unspecified atom stereocenters. The highest BCUT2D eigenvalue weighted by Crippen LogP contribution is 2.34. The standard InChI is InChI=1S/C28H35F3N4O4/c1-18-3-4-23(16-25(18)28(29,30)31)32-20-5-8-24(9-6-20)39-17-27(36)34-13-11-21(12-14-34)33-22-7-10-26(35(37)38)19(2)15-22/h3-4,7,10,15-16,20-21,24,32-33H,5-6,8-9,11-14,17H2,1-2H3. The van der Waals surface area contributed by atoms with Crippen LogP contribution >= 0.6 is 0 Å². The molecule has 2 aromatic carbocycles. The number of nitrogens with zero attached hydrogens (tertiary/aromatic N) is 2. The summed E-state index contributed by atoms with van der Waals surface area (Å²) in [6, 6.07) is 9.56. The summed E-state index contributed by atoms with van der Waals surface area (Å²) >= 11 is 0. The molecule has 11 heteroatoms. The number of halogens is 3. The summed E-state index contributed by atoms with van der Waals surface area (Å²) in [7, 11) is 0. The lowest BCUT2D eigenvalue weighted by molar-refractivity contribution is -0.385. The van der Waals surface area contributed by atoms with Crippen LogP contribution in [-0.2, 0) is 15.7 Å². The molecule has 1 amide bonds. The summed E-state index contributed by atoms with van der Waals surface area (Å²) in [5.74, 6) is -0.0424. The molecule has 4 rings (SSSR count). The van der Waals surface area contributed by atoms with Gasteiger partial charge < -0.3 is 20.3 Å². The summed E-state index contributed by atoms with van der Waals surface area (Å²) in [4.78, 5) is 25.1. The van der Waals surface area contributed by atoms with E-state index in [0.29, 0.717) is 24.3 Å². The third kappa shape index (κ3) is 7.62. The van der Waals surface area contributed by atoms with Crippen molar-refractivity contribution in [2.45, 2.75) is 76.7 Å². The Hall–Kier alpha value is -3.34.